The van der Waals surface area contributed by atoms with E-state index in [2.05, 4.69) is 49.4 Å². The Labute approximate surface area is 86.7 Å². The average Bonchev–Trinajstić information content (AvgIpc) is 2.30. The standard InChI is InChI=1S/C14H18/c1-12(13-8-4-2-5-9-13)14-10-6-3-7-11-14/h2-6,8-9,12,14H,7,10-11H2,1H3. The minimum absolute atomic E-state index is 0.709. The molecule has 0 bridgehead atoms. The molecule has 0 aromatic heterocycles. The summed E-state index contributed by atoms with van der Waals surface area (Å²) in [4.78, 5) is 0. The lowest BCUT2D eigenvalue weighted by molar-refractivity contribution is 0.410. The predicted octanol–water partition coefficient (Wildman–Crippen LogP) is 4.15. The molecule has 0 heterocycles. The molecular weight excluding hydrogens is 168 g/mol. The zero-order valence-corrected chi connectivity index (χ0v) is 8.82. The van der Waals surface area contributed by atoms with Crippen molar-refractivity contribution in [1.82, 2.24) is 0 Å². The van der Waals surface area contributed by atoms with E-state index in [9.17, 15) is 0 Å². The third-order valence-electron chi connectivity index (χ3n) is 3.34. The molecule has 1 aliphatic carbocycles. The molecule has 1 aromatic carbocycles. The van der Waals surface area contributed by atoms with Gasteiger partial charge in [-0.3, -0.25) is 0 Å². The van der Waals surface area contributed by atoms with E-state index in [1.54, 1.807) is 0 Å². The lowest BCUT2D eigenvalue weighted by Crippen LogP contribution is -2.11. The van der Waals surface area contributed by atoms with Gasteiger partial charge in [-0.1, -0.05) is 49.4 Å². The highest BCUT2D eigenvalue weighted by molar-refractivity contribution is 5.20. The van der Waals surface area contributed by atoms with E-state index in [4.69, 9.17) is 0 Å². The van der Waals surface area contributed by atoms with Crippen LogP contribution in [0.15, 0.2) is 42.5 Å². The van der Waals surface area contributed by atoms with Crippen LogP contribution in [0.4, 0.5) is 0 Å². The van der Waals surface area contributed by atoms with Crippen LogP contribution in [0.3, 0.4) is 0 Å². The maximum Gasteiger partial charge on any atom is -0.0159 e. The number of allylic oxidation sites excluding steroid dienone is 2. The Kier molecular flexibility index (Phi) is 3.03. The van der Waals surface area contributed by atoms with Crippen LogP contribution in [0.2, 0.25) is 0 Å². The summed E-state index contributed by atoms with van der Waals surface area (Å²) in [6.07, 6.45) is 8.53. The van der Waals surface area contributed by atoms with Crippen molar-refractivity contribution in [3.63, 3.8) is 0 Å². The first kappa shape index (κ1) is 9.51. The molecule has 2 atom stereocenters. The molecular formula is C14H18. The van der Waals surface area contributed by atoms with Gasteiger partial charge < -0.3 is 0 Å². The molecule has 1 aliphatic rings. The van der Waals surface area contributed by atoms with E-state index in [0.717, 1.165) is 5.92 Å². The third-order valence-corrected chi connectivity index (χ3v) is 3.34. The number of hydrogen-bond donors (Lipinski definition) is 0. The van der Waals surface area contributed by atoms with Gasteiger partial charge in [0.15, 0.2) is 0 Å². The molecule has 74 valence electrons. The lowest BCUT2D eigenvalue weighted by atomic mass is 9.80. The van der Waals surface area contributed by atoms with Gasteiger partial charge in [0.2, 0.25) is 0 Å². The Morgan fingerprint density at radius 1 is 1.14 bits per heavy atom. The maximum absolute atomic E-state index is 2.36. The van der Waals surface area contributed by atoms with Crippen molar-refractivity contribution >= 4 is 0 Å². The summed E-state index contributed by atoms with van der Waals surface area (Å²) in [6, 6.07) is 10.9. The van der Waals surface area contributed by atoms with Gasteiger partial charge in [0.05, 0.1) is 0 Å². The van der Waals surface area contributed by atoms with Gasteiger partial charge >= 0.3 is 0 Å². The fourth-order valence-corrected chi connectivity index (χ4v) is 2.30. The van der Waals surface area contributed by atoms with Crippen LogP contribution in [0.1, 0.15) is 37.7 Å². The zero-order chi connectivity index (χ0) is 9.80. The molecule has 0 spiro atoms. The Balaban J connectivity index is 2.08. The smallest absolute Gasteiger partial charge is 0.0159 e. The van der Waals surface area contributed by atoms with Crippen molar-refractivity contribution in [1.29, 1.82) is 0 Å². The van der Waals surface area contributed by atoms with E-state index in [0.29, 0.717) is 5.92 Å². The monoisotopic (exact) mass is 186 g/mol. The fraction of sp³-hybridized carbons (Fsp3) is 0.429. The summed E-state index contributed by atoms with van der Waals surface area (Å²) in [7, 11) is 0. The molecule has 0 N–H and O–H groups in total. The third kappa shape index (κ3) is 2.06. The number of rotatable bonds is 2. The van der Waals surface area contributed by atoms with Crippen LogP contribution < -0.4 is 0 Å². The SMILES string of the molecule is CC(c1ccccc1)C1CC=CCC1. The summed E-state index contributed by atoms with van der Waals surface area (Å²) < 4.78 is 0. The van der Waals surface area contributed by atoms with Crippen molar-refractivity contribution in [2.24, 2.45) is 5.92 Å². The fourth-order valence-electron chi connectivity index (χ4n) is 2.30. The van der Waals surface area contributed by atoms with E-state index in [1.165, 1.54) is 24.8 Å². The average molecular weight is 186 g/mol. The summed E-state index contributed by atoms with van der Waals surface area (Å²) in [5.41, 5.74) is 1.49. The van der Waals surface area contributed by atoms with Crippen LogP contribution in [0.5, 0.6) is 0 Å². The van der Waals surface area contributed by atoms with Gasteiger partial charge in [-0.2, -0.15) is 0 Å². The van der Waals surface area contributed by atoms with Crippen molar-refractivity contribution in [2.45, 2.75) is 32.1 Å². The normalized spacial score (nSPS) is 23.4. The van der Waals surface area contributed by atoms with Crippen LogP contribution in [-0.4, -0.2) is 0 Å². The van der Waals surface area contributed by atoms with Crippen molar-refractivity contribution in [3.8, 4) is 0 Å². The molecule has 0 nitrogen and oxygen atoms in total. The summed E-state index contributed by atoms with van der Waals surface area (Å²) in [6.45, 7) is 2.36. The summed E-state index contributed by atoms with van der Waals surface area (Å²) in [5.74, 6) is 1.56. The highest BCUT2D eigenvalue weighted by atomic mass is 14.2. The number of benzene rings is 1. The highest BCUT2D eigenvalue weighted by Gasteiger charge is 2.18. The van der Waals surface area contributed by atoms with Gasteiger partial charge in [-0.25, -0.2) is 0 Å². The quantitative estimate of drug-likeness (QED) is 0.609. The van der Waals surface area contributed by atoms with Gasteiger partial charge in [0.1, 0.15) is 0 Å². The second kappa shape index (κ2) is 4.45. The molecule has 0 saturated carbocycles. The Hall–Kier alpha value is -1.04. The Bertz CT molecular complexity index is 297. The van der Waals surface area contributed by atoms with Gasteiger partial charge in [-0.15, -0.1) is 0 Å². The summed E-state index contributed by atoms with van der Waals surface area (Å²) >= 11 is 0. The van der Waals surface area contributed by atoms with E-state index in [1.807, 2.05) is 0 Å². The van der Waals surface area contributed by atoms with Crippen LogP contribution in [-0.2, 0) is 0 Å². The van der Waals surface area contributed by atoms with E-state index >= 15 is 0 Å². The molecule has 0 amide bonds. The van der Waals surface area contributed by atoms with E-state index in [-0.39, 0.29) is 0 Å². The molecule has 0 fully saturated rings. The van der Waals surface area contributed by atoms with Crippen LogP contribution >= 0.6 is 0 Å². The highest BCUT2D eigenvalue weighted by Crippen LogP contribution is 2.32. The molecule has 14 heavy (non-hydrogen) atoms. The molecule has 2 rings (SSSR count). The minimum atomic E-state index is 0.709. The topological polar surface area (TPSA) is 0 Å². The Morgan fingerprint density at radius 2 is 1.93 bits per heavy atom. The molecule has 1 aromatic rings. The largest absolute Gasteiger partial charge is 0.0885 e. The maximum atomic E-state index is 2.36. The van der Waals surface area contributed by atoms with Crippen LogP contribution in [0, 0.1) is 5.92 Å². The first-order chi connectivity index (χ1) is 6.88. The molecule has 0 heteroatoms. The second-order valence-electron chi connectivity index (χ2n) is 4.24. The number of hydrogen-bond acceptors (Lipinski definition) is 0. The van der Waals surface area contributed by atoms with Crippen LogP contribution in [0.25, 0.3) is 0 Å². The van der Waals surface area contributed by atoms with E-state index < -0.39 is 0 Å². The second-order valence-corrected chi connectivity index (χ2v) is 4.24. The predicted molar refractivity (Wildman–Crippen MR) is 61.3 cm³/mol. The first-order valence-electron chi connectivity index (χ1n) is 5.58. The van der Waals surface area contributed by atoms with Crippen molar-refractivity contribution in [3.05, 3.63) is 48.0 Å². The first-order valence-corrected chi connectivity index (χ1v) is 5.58. The zero-order valence-electron chi connectivity index (χ0n) is 8.82. The molecule has 2 unspecified atom stereocenters. The molecule has 0 saturated heterocycles. The van der Waals surface area contributed by atoms with Gasteiger partial charge in [0, 0.05) is 0 Å². The van der Waals surface area contributed by atoms with Gasteiger partial charge in [0.25, 0.3) is 0 Å². The van der Waals surface area contributed by atoms with Gasteiger partial charge in [-0.05, 0) is 36.7 Å². The molecule has 0 aliphatic heterocycles. The summed E-state index contributed by atoms with van der Waals surface area (Å²) in [5, 5.41) is 0. The Morgan fingerprint density at radius 3 is 2.57 bits per heavy atom. The lowest BCUT2D eigenvalue weighted by Gasteiger charge is -2.25. The van der Waals surface area contributed by atoms with Crippen molar-refractivity contribution < 1.29 is 0 Å². The minimum Gasteiger partial charge on any atom is -0.0885 e. The molecule has 0 radical (unpaired) electrons. The van der Waals surface area contributed by atoms with Crippen molar-refractivity contribution in [2.75, 3.05) is 0 Å².